The molecule has 0 radical (unpaired) electrons. The number of aromatic nitrogens is 1. The molecule has 3 heteroatoms. The summed E-state index contributed by atoms with van der Waals surface area (Å²) in [5.41, 5.74) is 5.84. The third-order valence-electron chi connectivity index (χ3n) is 4.46. The zero-order chi connectivity index (χ0) is 18.7. The third-order valence-corrected chi connectivity index (χ3v) is 4.46. The number of carboxylic acids is 1. The van der Waals surface area contributed by atoms with Crippen molar-refractivity contribution in [3.05, 3.63) is 83.1 Å². The van der Waals surface area contributed by atoms with E-state index in [1.807, 2.05) is 32.1 Å². The van der Waals surface area contributed by atoms with E-state index in [0.29, 0.717) is 12.0 Å². The molecule has 1 aliphatic carbocycles. The molecule has 1 heterocycles. The number of benzene rings is 2. The number of carbonyl (C=O) groups is 1. The summed E-state index contributed by atoms with van der Waals surface area (Å²) in [6.45, 7) is 6.07. The molecule has 132 valence electrons. The van der Waals surface area contributed by atoms with Crippen LogP contribution in [0.3, 0.4) is 0 Å². The summed E-state index contributed by atoms with van der Waals surface area (Å²) in [4.78, 5) is 11.4. The molecule has 3 nitrogen and oxygen atoms in total. The SMILES string of the molecule is CC.Cc1ccc(-n2c3c(c4ccccc42)C=C(C(=O)O)C=CC3)cc1. The molecule has 0 unspecified atom stereocenters. The van der Waals surface area contributed by atoms with E-state index in [1.54, 1.807) is 12.2 Å². The summed E-state index contributed by atoms with van der Waals surface area (Å²) in [6, 6.07) is 16.6. The number of nitrogens with zero attached hydrogens (tertiary/aromatic N) is 1. The summed E-state index contributed by atoms with van der Waals surface area (Å²) < 4.78 is 2.23. The van der Waals surface area contributed by atoms with Gasteiger partial charge in [0.05, 0.1) is 11.1 Å². The number of rotatable bonds is 2. The summed E-state index contributed by atoms with van der Waals surface area (Å²) >= 11 is 0. The molecule has 2 aromatic carbocycles. The van der Waals surface area contributed by atoms with Crippen LogP contribution in [0, 0.1) is 6.92 Å². The highest BCUT2D eigenvalue weighted by atomic mass is 16.4. The predicted octanol–water partition coefficient (Wildman–Crippen LogP) is 5.55. The van der Waals surface area contributed by atoms with Crippen LogP contribution in [0.15, 0.2) is 66.3 Å². The summed E-state index contributed by atoms with van der Waals surface area (Å²) in [6.07, 6.45) is 6.10. The van der Waals surface area contributed by atoms with E-state index >= 15 is 0 Å². The molecule has 0 saturated heterocycles. The first-order chi connectivity index (χ1) is 12.6. The van der Waals surface area contributed by atoms with Crippen molar-refractivity contribution in [1.29, 1.82) is 0 Å². The Morgan fingerprint density at radius 3 is 2.42 bits per heavy atom. The van der Waals surface area contributed by atoms with Gasteiger partial charge < -0.3 is 9.67 Å². The van der Waals surface area contributed by atoms with Crippen LogP contribution in [-0.4, -0.2) is 15.6 Å². The van der Waals surface area contributed by atoms with Crippen LogP contribution in [0.2, 0.25) is 0 Å². The molecule has 0 spiro atoms. The average Bonchev–Trinajstić information content (AvgIpc) is 2.81. The van der Waals surface area contributed by atoms with Crippen LogP contribution in [0.1, 0.15) is 30.7 Å². The molecule has 3 aromatic rings. The first-order valence-electron chi connectivity index (χ1n) is 8.96. The largest absolute Gasteiger partial charge is 0.478 e. The van der Waals surface area contributed by atoms with Crippen LogP contribution < -0.4 is 0 Å². The van der Waals surface area contributed by atoms with Crippen molar-refractivity contribution < 1.29 is 9.90 Å². The Morgan fingerprint density at radius 1 is 1.04 bits per heavy atom. The molecule has 0 saturated carbocycles. The van der Waals surface area contributed by atoms with E-state index < -0.39 is 5.97 Å². The topological polar surface area (TPSA) is 42.2 Å². The Hall–Kier alpha value is -3.07. The maximum absolute atomic E-state index is 11.4. The summed E-state index contributed by atoms with van der Waals surface area (Å²) in [5.74, 6) is -0.897. The van der Waals surface area contributed by atoms with Gasteiger partial charge in [-0.25, -0.2) is 4.79 Å². The number of hydrogen-bond acceptors (Lipinski definition) is 1. The lowest BCUT2D eigenvalue weighted by atomic mass is 10.1. The van der Waals surface area contributed by atoms with Crippen molar-refractivity contribution in [2.75, 3.05) is 0 Å². The van der Waals surface area contributed by atoms with Gasteiger partial charge >= 0.3 is 5.97 Å². The molecular formula is C23H23NO2. The normalized spacial score (nSPS) is 12.7. The van der Waals surface area contributed by atoms with E-state index in [4.69, 9.17) is 0 Å². The second-order valence-corrected chi connectivity index (χ2v) is 6.06. The standard InChI is InChI=1S/C21H17NO2.C2H6/c1-14-9-11-16(12-10-14)22-19-7-3-2-6-17(19)18-13-15(21(23)24)5-4-8-20(18)22;1-2/h2-7,9-13H,8H2,1H3,(H,23,24);1-2H3. The second-order valence-electron chi connectivity index (χ2n) is 6.06. The van der Waals surface area contributed by atoms with Gasteiger partial charge in [0.1, 0.15) is 0 Å². The first-order valence-corrected chi connectivity index (χ1v) is 8.96. The number of para-hydroxylation sites is 1. The number of aryl methyl sites for hydroxylation is 1. The van der Waals surface area contributed by atoms with Crippen LogP contribution in [0.5, 0.6) is 0 Å². The lowest BCUT2D eigenvalue weighted by molar-refractivity contribution is -0.132. The zero-order valence-electron chi connectivity index (χ0n) is 15.4. The Bertz CT molecular complexity index is 1000. The van der Waals surface area contributed by atoms with Gasteiger partial charge in [-0.2, -0.15) is 0 Å². The Balaban J connectivity index is 0.000000948. The molecule has 4 rings (SSSR count). The molecule has 0 aliphatic heterocycles. The van der Waals surface area contributed by atoms with Crippen LogP contribution >= 0.6 is 0 Å². The van der Waals surface area contributed by atoms with Crippen molar-refractivity contribution in [2.24, 2.45) is 0 Å². The van der Waals surface area contributed by atoms with E-state index in [-0.39, 0.29) is 0 Å². The Labute approximate surface area is 153 Å². The van der Waals surface area contributed by atoms with Gasteiger partial charge in [-0.1, -0.05) is 61.9 Å². The predicted molar refractivity (Wildman–Crippen MR) is 108 cm³/mol. The van der Waals surface area contributed by atoms with Crippen LogP contribution in [0.25, 0.3) is 22.7 Å². The fraction of sp³-hybridized carbons (Fsp3) is 0.174. The van der Waals surface area contributed by atoms with Gasteiger partial charge in [-0.15, -0.1) is 0 Å². The molecule has 0 bridgehead atoms. The zero-order valence-corrected chi connectivity index (χ0v) is 15.4. The van der Waals surface area contributed by atoms with E-state index in [2.05, 4.69) is 47.9 Å². The number of hydrogen-bond donors (Lipinski definition) is 1. The highest BCUT2D eigenvalue weighted by Gasteiger charge is 2.19. The van der Waals surface area contributed by atoms with Gasteiger partial charge in [0, 0.05) is 28.8 Å². The number of fused-ring (bicyclic) bond motifs is 3. The number of allylic oxidation sites excluding steroid dienone is 1. The van der Waals surface area contributed by atoms with Gasteiger partial charge in [-0.3, -0.25) is 0 Å². The Kier molecular flexibility index (Phi) is 5.08. The van der Waals surface area contributed by atoms with Crippen molar-refractivity contribution in [3.63, 3.8) is 0 Å². The molecule has 1 aromatic heterocycles. The number of aliphatic carboxylic acids is 1. The highest BCUT2D eigenvalue weighted by molar-refractivity contribution is 6.01. The first kappa shape index (κ1) is 17.7. The van der Waals surface area contributed by atoms with Gasteiger partial charge in [0.15, 0.2) is 0 Å². The third kappa shape index (κ3) is 3.08. The van der Waals surface area contributed by atoms with Crippen molar-refractivity contribution >= 4 is 22.9 Å². The van der Waals surface area contributed by atoms with Gasteiger partial charge in [-0.05, 0) is 31.2 Å². The summed E-state index contributed by atoms with van der Waals surface area (Å²) in [7, 11) is 0. The minimum atomic E-state index is -0.897. The van der Waals surface area contributed by atoms with Crippen molar-refractivity contribution in [3.8, 4) is 5.69 Å². The lowest BCUT2D eigenvalue weighted by Crippen LogP contribution is -2.00. The highest BCUT2D eigenvalue weighted by Crippen LogP contribution is 2.33. The maximum atomic E-state index is 11.4. The van der Waals surface area contributed by atoms with Gasteiger partial charge in [0.2, 0.25) is 0 Å². The average molecular weight is 345 g/mol. The molecule has 1 N–H and O–H groups in total. The molecule has 26 heavy (non-hydrogen) atoms. The van der Waals surface area contributed by atoms with E-state index in [9.17, 15) is 9.90 Å². The summed E-state index contributed by atoms with van der Waals surface area (Å²) in [5, 5.41) is 10.5. The lowest BCUT2D eigenvalue weighted by Gasteiger charge is -2.10. The monoisotopic (exact) mass is 345 g/mol. The number of carboxylic acid groups (broad SMARTS) is 1. The molecule has 0 amide bonds. The smallest absolute Gasteiger partial charge is 0.335 e. The quantitative estimate of drug-likeness (QED) is 0.662. The van der Waals surface area contributed by atoms with E-state index in [1.165, 1.54) is 5.56 Å². The van der Waals surface area contributed by atoms with Crippen LogP contribution in [0.4, 0.5) is 0 Å². The van der Waals surface area contributed by atoms with Crippen molar-refractivity contribution in [2.45, 2.75) is 27.2 Å². The Morgan fingerprint density at radius 2 is 1.73 bits per heavy atom. The van der Waals surface area contributed by atoms with Crippen LogP contribution in [-0.2, 0) is 11.2 Å². The minimum absolute atomic E-state index is 0.320. The minimum Gasteiger partial charge on any atom is -0.478 e. The van der Waals surface area contributed by atoms with E-state index in [0.717, 1.165) is 27.8 Å². The van der Waals surface area contributed by atoms with Crippen molar-refractivity contribution in [1.82, 2.24) is 4.57 Å². The maximum Gasteiger partial charge on any atom is 0.335 e. The molecular weight excluding hydrogens is 322 g/mol. The fourth-order valence-corrected chi connectivity index (χ4v) is 3.30. The fourth-order valence-electron chi connectivity index (χ4n) is 3.30. The molecule has 1 aliphatic rings. The molecule has 0 fully saturated rings. The van der Waals surface area contributed by atoms with Gasteiger partial charge in [0.25, 0.3) is 0 Å². The molecule has 0 atom stereocenters. The second kappa shape index (κ2) is 7.44.